The van der Waals surface area contributed by atoms with Gasteiger partial charge in [-0.25, -0.2) is 0 Å². The average Bonchev–Trinajstić information content (AvgIpc) is 3.02. The highest BCUT2D eigenvalue weighted by atomic mass is 16.5. The first kappa shape index (κ1) is 17.6. The van der Waals surface area contributed by atoms with Crippen LogP contribution in [0.2, 0.25) is 0 Å². The summed E-state index contributed by atoms with van der Waals surface area (Å²) in [4.78, 5) is 19.2. The quantitative estimate of drug-likeness (QED) is 0.763. The summed E-state index contributed by atoms with van der Waals surface area (Å²) in [5.74, 6) is 1.71. The topological polar surface area (TPSA) is 59.2 Å². The van der Waals surface area contributed by atoms with Crippen LogP contribution in [-0.2, 0) is 11.2 Å². The normalized spacial score (nSPS) is 15.6. The van der Waals surface area contributed by atoms with Gasteiger partial charge in [-0.05, 0) is 39.2 Å². The maximum Gasteiger partial charge on any atom is 0.228 e. The minimum atomic E-state index is 0.222. The van der Waals surface area contributed by atoms with Crippen LogP contribution in [0.25, 0.3) is 11.4 Å². The SMILES string of the molecule is CCC(C)N(CCc1nc(-c2cccc(C)c2)no1)C(=O)C1CCC1. The highest BCUT2D eigenvalue weighted by Crippen LogP contribution is 2.29. The van der Waals surface area contributed by atoms with Gasteiger partial charge >= 0.3 is 0 Å². The molecule has 0 radical (unpaired) electrons. The number of rotatable bonds is 7. The molecule has 0 spiro atoms. The van der Waals surface area contributed by atoms with E-state index in [-0.39, 0.29) is 12.0 Å². The molecule has 1 unspecified atom stereocenters. The van der Waals surface area contributed by atoms with Gasteiger partial charge in [-0.3, -0.25) is 4.79 Å². The Morgan fingerprint density at radius 3 is 2.84 bits per heavy atom. The van der Waals surface area contributed by atoms with Crippen LogP contribution in [0.5, 0.6) is 0 Å². The zero-order valence-corrected chi connectivity index (χ0v) is 15.4. The first-order valence-corrected chi connectivity index (χ1v) is 9.28. The Kier molecular flexibility index (Phi) is 5.51. The van der Waals surface area contributed by atoms with Crippen molar-refractivity contribution >= 4 is 5.91 Å². The molecule has 1 atom stereocenters. The van der Waals surface area contributed by atoms with Crippen LogP contribution in [-0.4, -0.2) is 33.5 Å². The summed E-state index contributed by atoms with van der Waals surface area (Å²) in [6, 6.07) is 8.30. The van der Waals surface area contributed by atoms with E-state index in [0.29, 0.717) is 30.6 Å². The van der Waals surface area contributed by atoms with Crippen molar-refractivity contribution in [2.45, 2.75) is 58.9 Å². The molecule has 0 bridgehead atoms. The number of aryl methyl sites for hydroxylation is 1. The Morgan fingerprint density at radius 2 is 2.20 bits per heavy atom. The molecule has 1 amide bonds. The zero-order chi connectivity index (χ0) is 17.8. The van der Waals surface area contributed by atoms with E-state index in [1.54, 1.807) is 0 Å². The lowest BCUT2D eigenvalue weighted by Gasteiger charge is -2.35. The molecule has 1 aliphatic rings. The number of hydrogen-bond acceptors (Lipinski definition) is 4. The van der Waals surface area contributed by atoms with Crippen molar-refractivity contribution in [2.24, 2.45) is 5.92 Å². The summed E-state index contributed by atoms with van der Waals surface area (Å²) in [5.41, 5.74) is 2.12. The Labute approximate surface area is 149 Å². The number of hydrogen-bond donors (Lipinski definition) is 0. The fraction of sp³-hybridized carbons (Fsp3) is 0.550. The van der Waals surface area contributed by atoms with Gasteiger partial charge in [0.05, 0.1) is 0 Å². The molecule has 1 aliphatic carbocycles. The van der Waals surface area contributed by atoms with E-state index >= 15 is 0 Å². The highest BCUT2D eigenvalue weighted by molar-refractivity contribution is 5.79. The lowest BCUT2D eigenvalue weighted by molar-refractivity contribution is -0.140. The van der Waals surface area contributed by atoms with Crippen LogP contribution in [0.4, 0.5) is 0 Å². The van der Waals surface area contributed by atoms with Gasteiger partial charge in [0.25, 0.3) is 0 Å². The third-order valence-electron chi connectivity index (χ3n) is 5.17. The van der Waals surface area contributed by atoms with Gasteiger partial charge in [0, 0.05) is 30.5 Å². The van der Waals surface area contributed by atoms with E-state index in [4.69, 9.17) is 4.52 Å². The maximum atomic E-state index is 12.7. The van der Waals surface area contributed by atoms with Gasteiger partial charge in [0.1, 0.15) is 0 Å². The van der Waals surface area contributed by atoms with Gasteiger partial charge in [0.15, 0.2) is 0 Å². The predicted molar refractivity (Wildman–Crippen MR) is 97.0 cm³/mol. The number of carbonyl (C=O) groups excluding carboxylic acids is 1. The minimum absolute atomic E-state index is 0.222. The first-order chi connectivity index (χ1) is 12.1. The Bertz CT molecular complexity index is 721. The Balaban J connectivity index is 1.65. The van der Waals surface area contributed by atoms with E-state index < -0.39 is 0 Å². The number of benzene rings is 1. The molecule has 5 heteroatoms. The fourth-order valence-electron chi connectivity index (χ4n) is 3.13. The third kappa shape index (κ3) is 4.09. The summed E-state index contributed by atoms with van der Waals surface area (Å²) in [6.07, 6.45) is 4.79. The molecule has 1 aromatic carbocycles. The van der Waals surface area contributed by atoms with Crippen molar-refractivity contribution in [2.75, 3.05) is 6.54 Å². The zero-order valence-electron chi connectivity index (χ0n) is 15.4. The third-order valence-corrected chi connectivity index (χ3v) is 5.17. The second-order valence-electron chi connectivity index (χ2n) is 7.05. The molecule has 5 nitrogen and oxygen atoms in total. The monoisotopic (exact) mass is 341 g/mol. The van der Waals surface area contributed by atoms with Gasteiger partial charge in [-0.2, -0.15) is 4.98 Å². The molecule has 25 heavy (non-hydrogen) atoms. The summed E-state index contributed by atoms with van der Waals surface area (Å²) < 4.78 is 5.40. The van der Waals surface area contributed by atoms with E-state index in [1.165, 1.54) is 6.42 Å². The smallest absolute Gasteiger partial charge is 0.228 e. The van der Waals surface area contributed by atoms with E-state index in [2.05, 4.69) is 24.0 Å². The molecular formula is C20H27N3O2. The average molecular weight is 341 g/mol. The van der Waals surface area contributed by atoms with Crippen LogP contribution in [0.1, 0.15) is 51.0 Å². The molecule has 3 rings (SSSR count). The lowest BCUT2D eigenvalue weighted by Crippen LogP contribution is -2.44. The number of nitrogens with zero attached hydrogens (tertiary/aromatic N) is 3. The van der Waals surface area contributed by atoms with Crippen LogP contribution >= 0.6 is 0 Å². The Morgan fingerprint density at radius 1 is 1.40 bits per heavy atom. The molecule has 0 N–H and O–H groups in total. The number of aromatic nitrogens is 2. The molecule has 1 fully saturated rings. The molecule has 0 saturated heterocycles. The number of amides is 1. The molecule has 1 aromatic heterocycles. The molecule has 0 aliphatic heterocycles. The van der Waals surface area contributed by atoms with Gasteiger partial charge in [-0.15, -0.1) is 0 Å². The standard InChI is InChI=1S/C20H27N3O2/c1-4-15(3)23(20(24)16-8-6-9-16)12-11-18-21-19(22-25-18)17-10-5-7-14(2)13-17/h5,7,10,13,15-16H,4,6,8-9,11-12H2,1-3H3. The minimum Gasteiger partial charge on any atom is -0.339 e. The molecular weight excluding hydrogens is 314 g/mol. The van der Waals surface area contributed by atoms with Crippen molar-refractivity contribution in [1.29, 1.82) is 0 Å². The molecule has 1 saturated carbocycles. The summed E-state index contributed by atoms with van der Waals surface area (Å²) in [7, 11) is 0. The first-order valence-electron chi connectivity index (χ1n) is 9.28. The summed E-state index contributed by atoms with van der Waals surface area (Å²) in [6.45, 7) is 6.91. The van der Waals surface area contributed by atoms with Crippen LogP contribution < -0.4 is 0 Å². The second-order valence-corrected chi connectivity index (χ2v) is 7.05. The number of carbonyl (C=O) groups is 1. The van der Waals surface area contributed by atoms with Gasteiger partial charge in [-0.1, -0.05) is 42.3 Å². The van der Waals surface area contributed by atoms with Gasteiger partial charge < -0.3 is 9.42 Å². The van der Waals surface area contributed by atoms with Crippen molar-refractivity contribution in [3.05, 3.63) is 35.7 Å². The van der Waals surface area contributed by atoms with Crippen molar-refractivity contribution < 1.29 is 9.32 Å². The fourth-order valence-corrected chi connectivity index (χ4v) is 3.13. The van der Waals surface area contributed by atoms with Crippen LogP contribution in [0, 0.1) is 12.8 Å². The molecule has 134 valence electrons. The van der Waals surface area contributed by atoms with E-state index in [9.17, 15) is 4.79 Å². The summed E-state index contributed by atoms with van der Waals surface area (Å²) in [5, 5.41) is 4.09. The molecule has 2 aromatic rings. The molecule has 1 heterocycles. The second kappa shape index (κ2) is 7.81. The van der Waals surface area contributed by atoms with Crippen molar-refractivity contribution in [3.8, 4) is 11.4 Å². The lowest BCUT2D eigenvalue weighted by atomic mass is 9.84. The van der Waals surface area contributed by atoms with Crippen LogP contribution in [0.3, 0.4) is 0 Å². The van der Waals surface area contributed by atoms with E-state index in [0.717, 1.165) is 30.4 Å². The predicted octanol–water partition coefficient (Wildman–Crippen LogP) is 4.01. The van der Waals surface area contributed by atoms with Crippen LogP contribution in [0.15, 0.2) is 28.8 Å². The summed E-state index contributed by atoms with van der Waals surface area (Å²) >= 11 is 0. The highest BCUT2D eigenvalue weighted by Gasteiger charge is 2.31. The largest absolute Gasteiger partial charge is 0.339 e. The van der Waals surface area contributed by atoms with E-state index in [1.807, 2.05) is 36.1 Å². The Hall–Kier alpha value is -2.17. The van der Waals surface area contributed by atoms with Crippen molar-refractivity contribution in [1.82, 2.24) is 15.0 Å². The maximum absolute atomic E-state index is 12.7. The van der Waals surface area contributed by atoms with Crippen molar-refractivity contribution in [3.63, 3.8) is 0 Å². The van der Waals surface area contributed by atoms with Gasteiger partial charge in [0.2, 0.25) is 17.6 Å².